The van der Waals surface area contributed by atoms with E-state index in [1.807, 2.05) is 24.5 Å². The summed E-state index contributed by atoms with van der Waals surface area (Å²) in [6.07, 6.45) is 10.2. The SMILES string of the molecule is CSc1nc2ncc(C#N)c(Nc3ccc(OCc4cccc(F)c4)c(Cl)c3)c2s1.N#Cc1cnc2nc(Nc3ccc(CN4CCCC4)cc3)sc2c1Nc1ccc(OCc2cccc(F)c2)c(Cl)c1.Nc1ccc(CN2CCCC2)cc1. The molecular weight excluding hydrogens is 1160 g/mol. The maximum atomic E-state index is 13.5. The van der Waals surface area contributed by atoms with Crippen molar-refractivity contribution in [3.8, 4) is 23.6 Å². The van der Waals surface area contributed by atoms with Crippen molar-refractivity contribution in [1.29, 1.82) is 10.5 Å². The zero-order valence-corrected chi connectivity index (χ0v) is 49.5. The number of nitrogen functional groups attached to an aromatic ring is 1. The fraction of sp³-hybridized carbons (Fsp3) is 0.206. The Hall–Kier alpha value is -8.11. The summed E-state index contributed by atoms with van der Waals surface area (Å²) < 4.78 is 40.7. The van der Waals surface area contributed by atoms with Crippen molar-refractivity contribution in [2.45, 2.75) is 56.3 Å². The first kappa shape index (κ1) is 59.1. The number of benzene rings is 6. The third-order valence-electron chi connectivity index (χ3n) is 13.6. The molecule has 2 saturated heterocycles. The standard InChI is InChI=1S/C31H26ClFN6OS.C21H14ClFN4OS2.C11H16N2/c32-26-15-25(10-11-27(26)40-19-21-4-3-5-23(33)14-21)36-28-22(16-34)17-35-30-29(28)41-31(38-30)37-24-8-6-20(7-9-24)18-39-12-1-2-13-39;1-29-21-27-20-19(30-21)18(13(9-24)10-25-20)26-15-5-6-17(16(22)8-15)28-11-12-3-2-4-14(23)7-12;12-11-5-3-10(4-6-11)9-13-7-1-2-8-13/h3-11,14-15,17H,1-2,12-13,18-19H2,(H2,35,36,37,38);2-8,10H,11H2,1H3,(H,25,26);3-6H,1-2,7-9,12H2. The molecule has 6 aromatic carbocycles. The summed E-state index contributed by atoms with van der Waals surface area (Å²) in [5.74, 6) is 0.319. The van der Waals surface area contributed by atoms with E-state index in [9.17, 15) is 19.3 Å². The Bertz CT molecular complexity index is 3980. The van der Waals surface area contributed by atoms with Gasteiger partial charge < -0.3 is 31.2 Å². The van der Waals surface area contributed by atoms with E-state index in [1.54, 1.807) is 54.6 Å². The van der Waals surface area contributed by atoms with Gasteiger partial charge in [-0.05, 0) is 165 Å². The van der Waals surface area contributed by atoms with Gasteiger partial charge in [-0.2, -0.15) is 15.5 Å². The highest BCUT2D eigenvalue weighted by Gasteiger charge is 2.19. The zero-order chi connectivity index (χ0) is 58.4. The van der Waals surface area contributed by atoms with Crippen LogP contribution in [0.5, 0.6) is 11.5 Å². The highest BCUT2D eigenvalue weighted by molar-refractivity contribution is 8.00. The van der Waals surface area contributed by atoms with Crippen LogP contribution >= 0.6 is 57.6 Å². The summed E-state index contributed by atoms with van der Waals surface area (Å²) in [5.41, 5.74) is 16.0. The van der Waals surface area contributed by atoms with Gasteiger partial charge in [0.1, 0.15) is 53.2 Å². The summed E-state index contributed by atoms with van der Waals surface area (Å²) in [6.45, 7) is 7.29. The number of likely N-dealkylation sites (tertiary alicyclic amines) is 2. The van der Waals surface area contributed by atoms with Gasteiger partial charge in [-0.1, -0.05) is 94.8 Å². The monoisotopic (exact) mass is 1220 g/mol. The molecule has 10 aromatic rings. The number of nitrogens with zero attached hydrogens (tertiary/aromatic N) is 8. The van der Waals surface area contributed by atoms with Gasteiger partial charge in [0, 0.05) is 48.2 Å². The van der Waals surface area contributed by atoms with E-state index in [2.05, 4.69) is 94.2 Å². The van der Waals surface area contributed by atoms with Gasteiger partial charge in [0.05, 0.1) is 37.2 Å². The molecule has 0 spiro atoms. The lowest BCUT2D eigenvalue weighted by molar-refractivity contribution is 0.306. The van der Waals surface area contributed by atoms with E-state index in [1.165, 1.54) is 134 Å². The second-order valence-corrected chi connectivity index (χ2v) is 23.6. The third kappa shape index (κ3) is 15.7. The first-order valence-electron chi connectivity index (χ1n) is 26.9. The van der Waals surface area contributed by atoms with Crippen LogP contribution in [0.25, 0.3) is 20.7 Å². The molecule has 0 amide bonds. The van der Waals surface area contributed by atoms with Crippen LogP contribution < -0.4 is 31.2 Å². The molecule has 84 heavy (non-hydrogen) atoms. The fourth-order valence-corrected chi connectivity index (χ4v) is 12.3. The molecule has 5 N–H and O–H groups in total. The van der Waals surface area contributed by atoms with Gasteiger partial charge in [0.2, 0.25) is 0 Å². The molecule has 4 aromatic heterocycles. The quantitative estimate of drug-likeness (QED) is 0.0498. The van der Waals surface area contributed by atoms with Crippen LogP contribution in [0.2, 0.25) is 10.0 Å². The van der Waals surface area contributed by atoms with Crippen molar-refractivity contribution in [1.82, 2.24) is 29.7 Å². The number of hydrogen-bond acceptors (Lipinski definition) is 17. The van der Waals surface area contributed by atoms with E-state index < -0.39 is 0 Å². The van der Waals surface area contributed by atoms with Crippen LogP contribution in [0.15, 0.2) is 150 Å². The first-order valence-corrected chi connectivity index (χ1v) is 30.5. The second-order valence-electron chi connectivity index (χ2n) is 19.7. The van der Waals surface area contributed by atoms with Crippen molar-refractivity contribution in [2.24, 2.45) is 0 Å². The van der Waals surface area contributed by atoms with E-state index >= 15 is 0 Å². The number of fused-ring (bicyclic) bond motifs is 2. The Kier molecular flexibility index (Phi) is 20.0. The molecule has 2 aliphatic heterocycles. The van der Waals surface area contributed by atoms with Gasteiger partial charge in [-0.3, -0.25) is 9.80 Å². The number of nitrogens with one attached hydrogen (secondary N) is 3. The van der Waals surface area contributed by atoms with Crippen LogP contribution in [0.4, 0.5) is 48.0 Å². The van der Waals surface area contributed by atoms with E-state index in [-0.39, 0.29) is 24.8 Å². The number of thioether (sulfide) groups is 1. The molecule has 0 unspecified atom stereocenters. The molecule has 426 valence electrons. The highest BCUT2D eigenvalue weighted by Crippen LogP contribution is 2.40. The average Bonchev–Trinajstić information content (AvgIpc) is 4.38. The van der Waals surface area contributed by atoms with Gasteiger partial charge in [-0.15, -0.1) is 11.3 Å². The van der Waals surface area contributed by atoms with Gasteiger partial charge in [0.15, 0.2) is 20.8 Å². The van der Waals surface area contributed by atoms with E-state index in [4.69, 9.17) is 38.4 Å². The number of anilines is 7. The number of ether oxygens (including phenoxy) is 2. The van der Waals surface area contributed by atoms with Crippen LogP contribution in [0, 0.1) is 34.3 Å². The molecule has 12 rings (SSSR count). The van der Waals surface area contributed by atoms with E-state index in [0.717, 1.165) is 38.2 Å². The maximum absolute atomic E-state index is 13.5. The Labute approximate surface area is 507 Å². The fourth-order valence-electron chi connectivity index (χ4n) is 9.38. The van der Waals surface area contributed by atoms with Gasteiger partial charge in [0.25, 0.3) is 0 Å². The van der Waals surface area contributed by atoms with Crippen molar-refractivity contribution >= 4 is 118 Å². The van der Waals surface area contributed by atoms with Gasteiger partial charge in [-0.25, -0.2) is 23.7 Å². The zero-order valence-electron chi connectivity index (χ0n) is 45.5. The van der Waals surface area contributed by atoms with Crippen molar-refractivity contribution in [3.63, 3.8) is 0 Å². The number of thiazole rings is 2. The topological polar surface area (TPSA) is 186 Å². The number of aromatic nitrogens is 4. The molecule has 0 saturated carbocycles. The largest absolute Gasteiger partial charge is 0.487 e. The van der Waals surface area contributed by atoms with Crippen LogP contribution in [-0.4, -0.2) is 62.2 Å². The predicted octanol–water partition coefficient (Wildman–Crippen LogP) is 16.3. The number of pyridine rings is 2. The number of halogens is 4. The lowest BCUT2D eigenvalue weighted by atomic mass is 10.2. The minimum atomic E-state index is -0.319. The van der Waals surface area contributed by atoms with Crippen LogP contribution in [-0.2, 0) is 26.3 Å². The molecule has 0 radical (unpaired) electrons. The molecule has 2 aliphatic rings. The number of hydrogen-bond donors (Lipinski definition) is 4. The number of nitrogens with two attached hydrogens (primary N) is 1. The number of nitriles is 2. The molecule has 6 heterocycles. The maximum Gasteiger partial charge on any atom is 0.189 e. The Morgan fingerprint density at radius 3 is 1.51 bits per heavy atom. The molecule has 2 fully saturated rings. The predicted molar refractivity (Wildman–Crippen MR) is 337 cm³/mol. The number of rotatable bonds is 17. The van der Waals surface area contributed by atoms with Crippen LogP contribution in [0.1, 0.15) is 59.1 Å². The summed E-state index contributed by atoms with van der Waals surface area (Å²) in [7, 11) is 0. The smallest absolute Gasteiger partial charge is 0.189 e. The lowest BCUT2D eigenvalue weighted by Crippen LogP contribution is -2.18. The summed E-state index contributed by atoms with van der Waals surface area (Å²) >= 11 is 17.3. The normalized spacial score (nSPS) is 13.1. The summed E-state index contributed by atoms with van der Waals surface area (Å²) in [6, 6.07) is 43.9. The van der Waals surface area contributed by atoms with Crippen molar-refractivity contribution < 1.29 is 18.3 Å². The van der Waals surface area contributed by atoms with Gasteiger partial charge >= 0.3 is 0 Å². The van der Waals surface area contributed by atoms with E-state index in [0.29, 0.717) is 83.0 Å². The average molecular weight is 1220 g/mol. The Morgan fingerprint density at radius 1 is 0.583 bits per heavy atom. The Morgan fingerprint density at radius 2 is 1.05 bits per heavy atom. The Balaban J connectivity index is 0.000000159. The molecule has 21 heteroatoms. The molecule has 0 aliphatic carbocycles. The van der Waals surface area contributed by atoms with Crippen molar-refractivity contribution in [2.75, 3.05) is 54.1 Å². The molecule has 0 bridgehead atoms. The molecular formula is C63H56Cl2F2N12O2S3. The minimum absolute atomic E-state index is 0.186. The summed E-state index contributed by atoms with van der Waals surface area (Å²) in [4.78, 5) is 22.7. The molecule has 0 atom stereocenters. The third-order valence-corrected chi connectivity index (χ3v) is 17.2. The second kappa shape index (κ2) is 28.4. The summed E-state index contributed by atoms with van der Waals surface area (Å²) in [5, 5.41) is 30.7. The molecule has 14 nitrogen and oxygen atoms in total. The van der Waals surface area contributed by atoms with Crippen LogP contribution in [0.3, 0.4) is 0 Å². The first-order chi connectivity index (χ1) is 40.9. The minimum Gasteiger partial charge on any atom is -0.487 e. The lowest BCUT2D eigenvalue weighted by Gasteiger charge is -2.14. The van der Waals surface area contributed by atoms with Crippen molar-refractivity contribution in [3.05, 3.63) is 201 Å². The highest BCUT2D eigenvalue weighted by atomic mass is 35.5.